The average Bonchev–Trinajstić information content (AvgIpc) is 3.72. The zero-order chi connectivity index (χ0) is 25.0. The number of nitriles is 1. The van der Waals surface area contributed by atoms with Crippen LogP contribution in [0.1, 0.15) is 16.7 Å². The van der Waals surface area contributed by atoms with Crippen LogP contribution in [0, 0.1) is 11.3 Å². The summed E-state index contributed by atoms with van der Waals surface area (Å²) < 4.78 is 23.1. The molecule has 0 radical (unpaired) electrons. The van der Waals surface area contributed by atoms with Crippen molar-refractivity contribution in [2.24, 2.45) is 4.99 Å². The molecule has 3 aromatic carbocycles. The Morgan fingerprint density at radius 1 is 0.811 bits per heavy atom. The van der Waals surface area contributed by atoms with Crippen LogP contribution in [0.3, 0.4) is 0 Å². The number of aliphatic imine (C=N–C) groups is 1. The summed E-state index contributed by atoms with van der Waals surface area (Å²) in [7, 11) is 0. The van der Waals surface area contributed by atoms with Gasteiger partial charge in [-0.05, 0) is 70.4 Å². The van der Waals surface area contributed by atoms with Gasteiger partial charge < -0.3 is 18.0 Å². The van der Waals surface area contributed by atoms with Gasteiger partial charge in [0.2, 0.25) is 5.88 Å². The Hall–Kier alpha value is -5.28. The number of rotatable bonds is 7. The third-order valence-corrected chi connectivity index (χ3v) is 6.00. The van der Waals surface area contributed by atoms with Crippen molar-refractivity contribution in [3.8, 4) is 34.7 Å². The molecule has 178 valence electrons. The van der Waals surface area contributed by atoms with Gasteiger partial charge >= 0.3 is 0 Å². The molecule has 0 aliphatic carbocycles. The second kappa shape index (κ2) is 9.76. The monoisotopic (exact) mass is 484 g/mol. The summed E-state index contributed by atoms with van der Waals surface area (Å²) in [5, 5.41) is 12.3. The Labute approximate surface area is 212 Å². The van der Waals surface area contributed by atoms with Crippen LogP contribution in [-0.2, 0) is 6.61 Å². The molecule has 3 aromatic heterocycles. The molecule has 0 atom stereocenters. The number of hydrogen-bond donors (Lipinski definition) is 0. The summed E-state index contributed by atoms with van der Waals surface area (Å²) in [6.45, 7) is 0.470. The minimum absolute atomic E-state index is 0.177. The first kappa shape index (κ1) is 22.2. The molecule has 0 amide bonds. The molecule has 0 N–H and O–H groups in total. The SMILES string of the molecule is N#Cc1c(N=Cc2ccc(OCc3cccc4ccccc34)cc2)oc(-c2ccco2)c1-c1ccco1. The highest BCUT2D eigenvalue weighted by Gasteiger charge is 2.26. The van der Waals surface area contributed by atoms with E-state index in [1.54, 1.807) is 43.0 Å². The van der Waals surface area contributed by atoms with Gasteiger partial charge in [0.25, 0.3) is 0 Å². The third-order valence-electron chi connectivity index (χ3n) is 6.00. The molecule has 0 fully saturated rings. The van der Waals surface area contributed by atoms with Crippen LogP contribution in [0.5, 0.6) is 5.75 Å². The summed E-state index contributed by atoms with van der Waals surface area (Å²) in [5.74, 6) is 2.30. The van der Waals surface area contributed by atoms with Crippen LogP contribution in [-0.4, -0.2) is 6.21 Å². The average molecular weight is 485 g/mol. The van der Waals surface area contributed by atoms with Gasteiger partial charge in [-0.2, -0.15) is 5.26 Å². The van der Waals surface area contributed by atoms with E-state index in [9.17, 15) is 5.26 Å². The first-order valence-electron chi connectivity index (χ1n) is 11.7. The highest BCUT2D eigenvalue weighted by Crippen LogP contribution is 2.42. The fraction of sp³-hybridized carbons (Fsp3) is 0.0323. The van der Waals surface area contributed by atoms with E-state index in [0.717, 1.165) is 16.9 Å². The topological polar surface area (TPSA) is 84.8 Å². The molecule has 0 aliphatic rings. The lowest BCUT2D eigenvalue weighted by Gasteiger charge is -2.09. The molecule has 37 heavy (non-hydrogen) atoms. The van der Waals surface area contributed by atoms with Crippen LogP contribution in [0.4, 0.5) is 5.88 Å². The number of fused-ring (bicyclic) bond motifs is 1. The second-order valence-corrected chi connectivity index (χ2v) is 8.31. The molecule has 0 bridgehead atoms. The van der Waals surface area contributed by atoms with E-state index in [0.29, 0.717) is 29.5 Å². The minimum Gasteiger partial charge on any atom is -0.489 e. The van der Waals surface area contributed by atoms with Gasteiger partial charge in [0, 0.05) is 6.21 Å². The first-order valence-corrected chi connectivity index (χ1v) is 11.7. The summed E-state index contributed by atoms with van der Waals surface area (Å²) >= 11 is 0. The molecule has 6 heteroatoms. The van der Waals surface area contributed by atoms with Crippen LogP contribution < -0.4 is 4.74 Å². The standard InChI is InChI=1S/C31H20N2O4/c32-18-26-29(27-10-4-16-34-27)30(28-11-5-17-35-28)37-31(26)33-19-21-12-14-24(15-13-21)36-20-23-8-3-7-22-6-1-2-9-25(22)23/h1-17,19H,20H2. The molecular formula is C31H20N2O4. The number of furan rings is 3. The summed E-state index contributed by atoms with van der Waals surface area (Å²) in [6, 6.07) is 31.3. The molecule has 6 rings (SSSR count). The van der Waals surface area contributed by atoms with E-state index >= 15 is 0 Å². The van der Waals surface area contributed by atoms with Gasteiger partial charge in [0.05, 0.1) is 18.1 Å². The van der Waals surface area contributed by atoms with Gasteiger partial charge in [-0.3, -0.25) is 0 Å². The molecule has 6 aromatic rings. The van der Waals surface area contributed by atoms with Crippen molar-refractivity contribution >= 4 is 22.9 Å². The van der Waals surface area contributed by atoms with Crippen LogP contribution in [0.25, 0.3) is 33.6 Å². The maximum atomic E-state index is 9.89. The van der Waals surface area contributed by atoms with E-state index in [1.807, 2.05) is 42.5 Å². The molecule has 3 heterocycles. The second-order valence-electron chi connectivity index (χ2n) is 8.31. The van der Waals surface area contributed by atoms with Crippen LogP contribution in [0.15, 0.2) is 122 Å². The zero-order valence-corrected chi connectivity index (χ0v) is 19.6. The van der Waals surface area contributed by atoms with Crippen molar-refractivity contribution in [2.75, 3.05) is 0 Å². The highest BCUT2D eigenvalue weighted by molar-refractivity contribution is 5.88. The predicted molar refractivity (Wildman–Crippen MR) is 141 cm³/mol. The first-order chi connectivity index (χ1) is 18.3. The maximum Gasteiger partial charge on any atom is 0.238 e. The summed E-state index contributed by atoms with van der Waals surface area (Å²) in [6.07, 6.45) is 4.73. The lowest BCUT2D eigenvalue weighted by Crippen LogP contribution is -1.96. The molecular weight excluding hydrogens is 464 g/mol. The quantitative estimate of drug-likeness (QED) is 0.213. The highest BCUT2D eigenvalue weighted by atomic mass is 16.5. The van der Waals surface area contributed by atoms with Gasteiger partial charge in [-0.15, -0.1) is 0 Å². The predicted octanol–water partition coefficient (Wildman–Crippen LogP) is 8.15. The summed E-state index contributed by atoms with van der Waals surface area (Å²) in [5.41, 5.74) is 2.74. The molecule has 0 aliphatic heterocycles. The molecule has 0 saturated heterocycles. The van der Waals surface area contributed by atoms with E-state index in [1.165, 1.54) is 10.8 Å². The van der Waals surface area contributed by atoms with E-state index in [4.69, 9.17) is 18.0 Å². The molecule has 6 nitrogen and oxygen atoms in total. The normalized spacial score (nSPS) is 11.2. The molecule has 0 saturated carbocycles. The van der Waals surface area contributed by atoms with Crippen molar-refractivity contribution in [2.45, 2.75) is 6.61 Å². The number of ether oxygens (including phenoxy) is 1. The van der Waals surface area contributed by atoms with Crippen molar-refractivity contribution in [3.05, 3.63) is 120 Å². The Balaban J connectivity index is 1.23. The van der Waals surface area contributed by atoms with Gasteiger partial charge in [-0.1, -0.05) is 42.5 Å². The zero-order valence-electron chi connectivity index (χ0n) is 19.6. The van der Waals surface area contributed by atoms with Crippen molar-refractivity contribution in [3.63, 3.8) is 0 Å². The Morgan fingerprint density at radius 3 is 2.32 bits per heavy atom. The van der Waals surface area contributed by atoms with Gasteiger partial charge in [-0.25, -0.2) is 4.99 Å². The fourth-order valence-corrected chi connectivity index (χ4v) is 4.21. The lowest BCUT2D eigenvalue weighted by atomic mass is 10.1. The Bertz CT molecular complexity index is 1710. The Morgan fingerprint density at radius 2 is 1.57 bits per heavy atom. The van der Waals surface area contributed by atoms with E-state index < -0.39 is 0 Å². The Kier molecular flexibility index (Phi) is 5.86. The van der Waals surface area contributed by atoms with Crippen molar-refractivity contribution in [1.29, 1.82) is 5.26 Å². The lowest BCUT2D eigenvalue weighted by molar-refractivity contribution is 0.307. The van der Waals surface area contributed by atoms with E-state index in [-0.39, 0.29) is 11.4 Å². The van der Waals surface area contributed by atoms with Gasteiger partial charge in [0.1, 0.15) is 29.7 Å². The van der Waals surface area contributed by atoms with Crippen molar-refractivity contribution < 1.29 is 18.0 Å². The van der Waals surface area contributed by atoms with Gasteiger partial charge in [0.15, 0.2) is 11.5 Å². The maximum absolute atomic E-state index is 9.89. The fourth-order valence-electron chi connectivity index (χ4n) is 4.21. The van der Waals surface area contributed by atoms with Crippen LogP contribution >= 0.6 is 0 Å². The molecule has 0 spiro atoms. The molecule has 0 unspecified atom stereocenters. The largest absolute Gasteiger partial charge is 0.489 e. The smallest absolute Gasteiger partial charge is 0.238 e. The third kappa shape index (κ3) is 4.42. The minimum atomic E-state index is 0.177. The number of benzene rings is 3. The number of hydrogen-bond acceptors (Lipinski definition) is 6. The number of nitrogens with zero attached hydrogens (tertiary/aromatic N) is 2. The van der Waals surface area contributed by atoms with E-state index in [2.05, 4.69) is 35.3 Å². The van der Waals surface area contributed by atoms with Crippen molar-refractivity contribution in [1.82, 2.24) is 0 Å². The van der Waals surface area contributed by atoms with Crippen LogP contribution in [0.2, 0.25) is 0 Å². The summed E-state index contributed by atoms with van der Waals surface area (Å²) in [4.78, 5) is 4.47.